The van der Waals surface area contributed by atoms with Crippen molar-refractivity contribution in [3.8, 4) is 0 Å². The molecule has 0 bridgehead atoms. The van der Waals surface area contributed by atoms with Crippen LogP contribution in [-0.2, 0) is 17.1 Å². The number of carbonyl (C=O) groups is 1. The summed E-state index contributed by atoms with van der Waals surface area (Å²) in [6, 6.07) is 8.11. The van der Waals surface area contributed by atoms with Crippen molar-refractivity contribution in [2.75, 3.05) is 18.4 Å². The summed E-state index contributed by atoms with van der Waals surface area (Å²) in [5.74, 6) is -0.283. The molecule has 1 amide bonds. The number of pyridine rings is 1. The predicted molar refractivity (Wildman–Crippen MR) is 120 cm³/mol. The molecule has 0 spiro atoms. The summed E-state index contributed by atoms with van der Waals surface area (Å²) in [6.45, 7) is 4.80. The summed E-state index contributed by atoms with van der Waals surface area (Å²) in [4.78, 5) is 17.7. The second-order valence-corrected chi connectivity index (χ2v) is 9.95. The van der Waals surface area contributed by atoms with E-state index in [0.717, 1.165) is 37.1 Å². The molecule has 9 heteroatoms. The molecule has 1 saturated heterocycles. The van der Waals surface area contributed by atoms with E-state index in [9.17, 15) is 13.2 Å². The second-order valence-electron chi connectivity index (χ2n) is 8.02. The van der Waals surface area contributed by atoms with Crippen molar-refractivity contribution < 1.29 is 13.2 Å². The highest BCUT2D eigenvalue weighted by Gasteiger charge is 2.25. The highest BCUT2D eigenvalue weighted by atomic mass is 32.2. The molecule has 1 N–H and O–H groups in total. The van der Waals surface area contributed by atoms with E-state index in [2.05, 4.69) is 15.4 Å². The molecule has 0 aliphatic carbocycles. The van der Waals surface area contributed by atoms with E-state index >= 15 is 0 Å². The topological polar surface area (TPSA) is 97.2 Å². The third-order valence-corrected chi connectivity index (χ3v) is 7.57. The van der Waals surface area contributed by atoms with Crippen molar-refractivity contribution in [1.82, 2.24) is 19.1 Å². The van der Waals surface area contributed by atoms with Gasteiger partial charge in [-0.05, 0) is 57.0 Å². The SMILES string of the molecule is Cc1cc(C(=O)Nc2ccc(S(=O)(=O)N3CCCCCC3)cc2)c2c(C)nn(C)c2n1. The van der Waals surface area contributed by atoms with Crippen molar-refractivity contribution in [2.45, 2.75) is 44.4 Å². The van der Waals surface area contributed by atoms with E-state index in [-0.39, 0.29) is 10.8 Å². The Balaban J connectivity index is 1.57. The number of anilines is 1. The van der Waals surface area contributed by atoms with Crippen molar-refractivity contribution in [2.24, 2.45) is 7.05 Å². The van der Waals surface area contributed by atoms with Crippen LogP contribution in [0.1, 0.15) is 47.4 Å². The number of sulfonamides is 1. The van der Waals surface area contributed by atoms with Gasteiger partial charge in [-0.2, -0.15) is 9.40 Å². The molecule has 3 heterocycles. The minimum absolute atomic E-state index is 0.248. The van der Waals surface area contributed by atoms with E-state index in [1.807, 2.05) is 13.8 Å². The molecule has 0 saturated carbocycles. The molecule has 1 fully saturated rings. The molecule has 0 radical (unpaired) electrons. The molecule has 1 aromatic carbocycles. The maximum atomic E-state index is 13.0. The minimum atomic E-state index is -3.52. The molecule has 31 heavy (non-hydrogen) atoms. The third-order valence-electron chi connectivity index (χ3n) is 5.66. The Bertz CT molecular complexity index is 1220. The normalized spacial score (nSPS) is 15.7. The zero-order valence-electron chi connectivity index (χ0n) is 18.1. The van der Waals surface area contributed by atoms with E-state index < -0.39 is 10.0 Å². The smallest absolute Gasteiger partial charge is 0.256 e. The summed E-state index contributed by atoms with van der Waals surface area (Å²) >= 11 is 0. The lowest BCUT2D eigenvalue weighted by atomic mass is 10.1. The van der Waals surface area contributed by atoms with Crippen LogP contribution in [0, 0.1) is 13.8 Å². The highest BCUT2D eigenvalue weighted by Crippen LogP contribution is 2.24. The Morgan fingerprint density at radius 2 is 1.68 bits per heavy atom. The first-order valence-electron chi connectivity index (χ1n) is 10.5. The molecular weight excluding hydrogens is 414 g/mol. The second kappa shape index (κ2) is 8.39. The number of nitrogens with zero attached hydrogens (tertiary/aromatic N) is 4. The van der Waals surface area contributed by atoms with E-state index in [4.69, 9.17) is 0 Å². The van der Waals surface area contributed by atoms with Crippen LogP contribution in [0.5, 0.6) is 0 Å². The molecular formula is C22H27N5O3S. The lowest BCUT2D eigenvalue weighted by molar-refractivity contribution is 0.102. The number of nitrogens with one attached hydrogen (secondary N) is 1. The molecule has 0 unspecified atom stereocenters. The number of hydrogen-bond donors (Lipinski definition) is 1. The molecule has 4 rings (SSSR count). The average molecular weight is 442 g/mol. The first-order valence-corrected chi connectivity index (χ1v) is 11.9. The summed E-state index contributed by atoms with van der Waals surface area (Å²) < 4.78 is 29.1. The Hall–Kier alpha value is -2.78. The van der Waals surface area contributed by atoms with Gasteiger partial charge in [0.15, 0.2) is 5.65 Å². The maximum absolute atomic E-state index is 13.0. The van der Waals surface area contributed by atoms with E-state index in [0.29, 0.717) is 35.4 Å². The average Bonchev–Trinajstić information content (AvgIpc) is 2.93. The molecule has 3 aromatic rings. The van der Waals surface area contributed by atoms with Gasteiger partial charge >= 0.3 is 0 Å². The van der Waals surface area contributed by atoms with Crippen LogP contribution >= 0.6 is 0 Å². The number of hydrogen-bond acceptors (Lipinski definition) is 5. The monoisotopic (exact) mass is 441 g/mol. The standard InChI is InChI=1S/C22H27N5O3S/c1-15-14-19(20-16(2)25-26(3)21(20)23-15)22(28)24-17-8-10-18(11-9-17)31(29,30)27-12-6-4-5-7-13-27/h8-11,14H,4-7,12-13H2,1-3H3,(H,24,28). The highest BCUT2D eigenvalue weighted by molar-refractivity contribution is 7.89. The van der Waals surface area contributed by atoms with Crippen molar-refractivity contribution in [3.05, 3.63) is 47.3 Å². The van der Waals surface area contributed by atoms with Crippen LogP contribution < -0.4 is 5.32 Å². The van der Waals surface area contributed by atoms with Gasteiger partial charge in [-0.1, -0.05) is 12.8 Å². The Kier molecular flexibility index (Phi) is 5.81. The van der Waals surface area contributed by atoms with Gasteiger partial charge in [-0.15, -0.1) is 0 Å². The fraction of sp³-hybridized carbons (Fsp3) is 0.409. The van der Waals surface area contributed by atoms with Crippen molar-refractivity contribution >= 4 is 32.7 Å². The van der Waals surface area contributed by atoms with Gasteiger partial charge in [-0.25, -0.2) is 13.4 Å². The third kappa shape index (κ3) is 4.20. The quantitative estimate of drug-likeness (QED) is 0.669. The number of benzene rings is 1. The van der Waals surface area contributed by atoms with Crippen LogP contribution in [0.2, 0.25) is 0 Å². The van der Waals surface area contributed by atoms with Crippen LogP contribution in [0.25, 0.3) is 11.0 Å². The fourth-order valence-corrected chi connectivity index (χ4v) is 5.61. The molecule has 1 aliphatic rings. The van der Waals surface area contributed by atoms with E-state index in [1.165, 1.54) is 0 Å². The van der Waals surface area contributed by atoms with Gasteiger partial charge in [0, 0.05) is 31.5 Å². The zero-order valence-corrected chi connectivity index (χ0v) is 18.9. The number of rotatable bonds is 4. The number of amides is 1. The zero-order chi connectivity index (χ0) is 22.2. The summed E-state index contributed by atoms with van der Waals surface area (Å²) in [6.07, 6.45) is 3.91. The van der Waals surface area contributed by atoms with Gasteiger partial charge < -0.3 is 5.32 Å². The van der Waals surface area contributed by atoms with Gasteiger partial charge in [0.05, 0.1) is 21.5 Å². The lowest BCUT2D eigenvalue weighted by Gasteiger charge is -2.20. The number of carbonyl (C=O) groups excluding carboxylic acids is 1. The predicted octanol–water partition coefficient (Wildman–Crippen LogP) is 3.40. The van der Waals surface area contributed by atoms with E-state index in [1.54, 1.807) is 46.4 Å². The molecule has 1 aliphatic heterocycles. The van der Waals surface area contributed by atoms with Gasteiger partial charge in [-0.3, -0.25) is 9.48 Å². The van der Waals surface area contributed by atoms with Crippen molar-refractivity contribution in [1.29, 1.82) is 0 Å². The van der Waals surface area contributed by atoms with Gasteiger partial charge in [0.2, 0.25) is 10.0 Å². The first kappa shape index (κ1) is 21.5. The van der Waals surface area contributed by atoms with Crippen LogP contribution in [-0.4, -0.2) is 46.5 Å². The lowest BCUT2D eigenvalue weighted by Crippen LogP contribution is -2.31. The van der Waals surface area contributed by atoms with Crippen LogP contribution in [0.15, 0.2) is 35.2 Å². The molecule has 8 nitrogen and oxygen atoms in total. The van der Waals surface area contributed by atoms with Gasteiger partial charge in [0.1, 0.15) is 0 Å². The Morgan fingerprint density at radius 3 is 2.32 bits per heavy atom. The molecule has 164 valence electrons. The molecule has 2 aromatic heterocycles. The summed E-state index contributed by atoms with van der Waals surface area (Å²) in [7, 11) is -1.72. The maximum Gasteiger partial charge on any atom is 0.256 e. The number of aromatic nitrogens is 3. The summed E-state index contributed by atoms with van der Waals surface area (Å²) in [5.41, 5.74) is 3.13. The first-order chi connectivity index (χ1) is 14.8. The summed E-state index contributed by atoms with van der Waals surface area (Å²) in [5, 5.41) is 7.96. The number of fused-ring (bicyclic) bond motifs is 1. The number of aryl methyl sites for hydroxylation is 3. The molecule has 0 atom stereocenters. The van der Waals surface area contributed by atoms with Crippen LogP contribution in [0.4, 0.5) is 5.69 Å². The van der Waals surface area contributed by atoms with Crippen LogP contribution in [0.3, 0.4) is 0 Å². The Morgan fingerprint density at radius 1 is 1.03 bits per heavy atom. The largest absolute Gasteiger partial charge is 0.322 e. The Labute approximate surface area is 182 Å². The van der Waals surface area contributed by atoms with Crippen molar-refractivity contribution in [3.63, 3.8) is 0 Å². The fourth-order valence-electron chi connectivity index (χ4n) is 4.09. The minimum Gasteiger partial charge on any atom is -0.322 e. The van der Waals surface area contributed by atoms with Gasteiger partial charge in [0.25, 0.3) is 5.91 Å².